The van der Waals surface area contributed by atoms with Crippen LogP contribution in [0, 0.1) is 0 Å². The van der Waals surface area contributed by atoms with E-state index in [0.717, 1.165) is 22.2 Å². The molecule has 4 aromatic rings. The molecule has 0 aliphatic carbocycles. The second kappa shape index (κ2) is 8.31. The first-order chi connectivity index (χ1) is 14.8. The van der Waals surface area contributed by atoms with Gasteiger partial charge in [-0.3, -0.25) is 14.5 Å². The maximum Gasteiger partial charge on any atom is 0.249 e. The summed E-state index contributed by atoms with van der Waals surface area (Å²) in [5.74, 6) is -0.190. The third kappa shape index (κ3) is 4.97. The van der Waals surface area contributed by atoms with Crippen LogP contribution in [0.2, 0.25) is 0 Å². The molecule has 0 aliphatic rings. The fraction of sp³-hybridized carbons (Fsp3) is 0.304. The molecule has 0 fully saturated rings. The van der Waals surface area contributed by atoms with E-state index in [1.165, 1.54) is 0 Å². The van der Waals surface area contributed by atoms with Crippen molar-refractivity contribution >= 4 is 22.5 Å². The molecule has 0 saturated heterocycles. The van der Waals surface area contributed by atoms with Crippen molar-refractivity contribution in [1.82, 2.24) is 24.3 Å². The molecule has 8 nitrogen and oxygen atoms in total. The van der Waals surface area contributed by atoms with Crippen LogP contribution in [0.15, 0.2) is 61.4 Å². The first-order valence-corrected chi connectivity index (χ1v) is 10.1. The van der Waals surface area contributed by atoms with Gasteiger partial charge >= 0.3 is 0 Å². The molecule has 0 aliphatic heterocycles. The number of pyridine rings is 1. The summed E-state index contributed by atoms with van der Waals surface area (Å²) in [6.07, 6.45) is 8.59. The van der Waals surface area contributed by atoms with Gasteiger partial charge in [0.1, 0.15) is 6.04 Å². The maximum atomic E-state index is 13.1. The van der Waals surface area contributed by atoms with Gasteiger partial charge in [-0.05, 0) is 45.0 Å². The van der Waals surface area contributed by atoms with Crippen LogP contribution in [-0.2, 0) is 16.6 Å². The van der Waals surface area contributed by atoms with Gasteiger partial charge in [0.2, 0.25) is 5.91 Å². The zero-order valence-corrected chi connectivity index (χ0v) is 18.1. The Kier molecular flexibility index (Phi) is 5.56. The molecule has 0 radical (unpaired) electrons. The van der Waals surface area contributed by atoms with Crippen LogP contribution in [0.5, 0.6) is 0 Å². The SMILES string of the molecule is Cn1ccc(-c2ccc3ncc(NC(=O)C(COC(C)(C)C)n4ccnc4)cc3c2)n1. The summed E-state index contributed by atoms with van der Waals surface area (Å²) < 4.78 is 9.39. The Hall–Kier alpha value is -3.52. The molecular weight excluding hydrogens is 392 g/mol. The molecule has 4 rings (SSSR count). The minimum absolute atomic E-state index is 0.190. The number of amides is 1. The van der Waals surface area contributed by atoms with Crippen LogP contribution in [0.3, 0.4) is 0 Å². The van der Waals surface area contributed by atoms with Gasteiger partial charge in [-0.25, -0.2) is 4.98 Å². The summed E-state index contributed by atoms with van der Waals surface area (Å²) in [5.41, 5.74) is 2.99. The molecule has 1 amide bonds. The number of fused-ring (bicyclic) bond motifs is 1. The summed E-state index contributed by atoms with van der Waals surface area (Å²) in [7, 11) is 1.89. The average Bonchev–Trinajstić information content (AvgIpc) is 3.39. The topological polar surface area (TPSA) is 86.9 Å². The van der Waals surface area contributed by atoms with Crippen molar-refractivity contribution in [3.05, 3.63) is 61.4 Å². The van der Waals surface area contributed by atoms with Gasteiger partial charge in [0.15, 0.2) is 0 Å². The highest BCUT2D eigenvalue weighted by Gasteiger charge is 2.23. The number of aromatic nitrogens is 5. The lowest BCUT2D eigenvalue weighted by Gasteiger charge is -2.24. The number of benzene rings is 1. The minimum Gasteiger partial charge on any atom is -0.373 e. The van der Waals surface area contributed by atoms with Gasteiger partial charge in [-0.15, -0.1) is 0 Å². The van der Waals surface area contributed by atoms with Gasteiger partial charge in [-0.1, -0.05) is 6.07 Å². The maximum absolute atomic E-state index is 13.1. The Morgan fingerprint density at radius 2 is 2.03 bits per heavy atom. The van der Waals surface area contributed by atoms with Crippen molar-refractivity contribution in [1.29, 1.82) is 0 Å². The lowest BCUT2D eigenvalue weighted by Crippen LogP contribution is -2.32. The fourth-order valence-electron chi connectivity index (χ4n) is 3.23. The number of carbonyl (C=O) groups is 1. The predicted octanol–water partition coefficient (Wildman–Crippen LogP) is 3.83. The number of imidazole rings is 1. The lowest BCUT2D eigenvalue weighted by atomic mass is 10.1. The number of hydrogen-bond donors (Lipinski definition) is 1. The molecule has 3 heterocycles. The van der Waals surface area contributed by atoms with Crippen LogP contribution < -0.4 is 5.32 Å². The van der Waals surface area contributed by atoms with Crippen molar-refractivity contribution in [2.24, 2.45) is 7.05 Å². The summed E-state index contributed by atoms with van der Waals surface area (Å²) in [4.78, 5) is 21.6. The van der Waals surface area contributed by atoms with Crippen LogP contribution in [0.4, 0.5) is 5.69 Å². The quantitative estimate of drug-likeness (QED) is 0.514. The van der Waals surface area contributed by atoms with E-state index in [1.54, 1.807) is 34.2 Å². The molecular formula is C23H26N6O2. The molecule has 0 bridgehead atoms. The molecule has 0 spiro atoms. The second-order valence-electron chi connectivity index (χ2n) is 8.44. The van der Waals surface area contributed by atoms with E-state index >= 15 is 0 Å². The van der Waals surface area contributed by atoms with E-state index in [9.17, 15) is 4.79 Å². The molecule has 1 atom stereocenters. The van der Waals surface area contributed by atoms with Crippen LogP contribution >= 0.6 is 0 Å². The summed E-state index contributed by atoms with van der Waals surface area (Å²) >= 11 is 0. The smallest absolute Gasteiger partial charge is 0.249 e. The van der Waals surface area contributed by atoms with E-state index in [-0.39, 0.29) is 18.1 Å². The van der Waals surface area contributed by atoms with Gasteiger partial charge in [0.05, 0.1) is 41.6 Å². The van der Waals surface area contributed by atoms with Crippen molar-refractivity contribution in [2.75, 3.05) is 11.9 Å². The van der Waals surface area contributed by atoms with Crippen LogP contribution in [0.25, 0.3) is 22.2 Å². The fourth-order valence-corrected chi connectivity index (χ4v) is 3.23. The summed E-state index contributed by atoms with van der Waals surface area (Å²) in [5, 5.41) is 8.35. The molecule has 31 heavy (non-hydrogen) atoms. The Morgan fingerprint density at radius 1 is 1.19 bits per heavy atom. The predicted molar refractivity (Wildman–Crippen MR) is 120 cm³/mol. The molecule has 1 unspecified atom stereocenters. The Labute approximate surface area is 180 Å². The number of anilines is 1. The molecule has 160 valence electrons. The Bertz CT molecular complexity index is 1190. The average molecular weight is 419 g/mol. The first kappa shape index (κ1) is 20.7. The van der Waals surface area contributed by atoms with Crippen LogP contribution in [0.1, 0.15) is 26.8 Å². The number of nitrogens with one attached hydrogen (secondary N) is 1. The van der Waals surface area contributed by atoms with Crippen LogP contribution in [-0.4, -0.2) is 42.4 Å². The van der Waals surface area contributed by atoms with E-state index in [4.69, 9.17) is 4.74 Å². The van der Waals surface area contributed by atoms with E-state index in [2.05, 4.69) is 20.4 Å². The molecule has 8 heteroatoms. The normalized spacial score (nSPS) is 12.8. The lowest BCUT2D eigenvalue weighted by molar-refractivity contribution is -0.123. The van der Waals surface area contributed by atoms with Crippen molar-refractivity contribution in [3.8, 4) is 11.3 Å². The van der Waals surface area contributed by atoms with Crippen molar-refractivity contribution < 1.29 is 9.53 Å². The zero-order chi connectivity index (χ0) is 22.0. The number of carbonyl (C=O) groups excluding carboxylic acids is 1. The number of aryl methyl sites for hydroxylation is 1. The van der Waals surface area contributed by atoms with E-state index < -0.39 is 6.04 Å². The zero-order valence-electron chi connectivity index (χ0n) is 18.1. The molecule has 1 N–H and O–H groups in total. The summed E-state index contributed by atoms with van der Waals surface area (Å²) in [6, 6.07) is 9.31. The van der Waals surface area contributed by atoms with Crippen molar-refractivity contribution in [2.45, 2.75) is 32.4 Å². The minimum atomic E-state index is -0.544. The highest BCUT2D eigenvalue weighted by molar-refractivity contribution is 5.96. The number of rotatable bonds is 6. The standard InChI is InChI=1S/C23H26N6O2/c1-23(2,3)31-14-21(29-10-8-24-15-29)22(30)26-18-12-17-11-16(5-6-19(17)25-13-18)20-7-9-28(4)27-20/h5-13,15,21H,14H2,1-4H3,(H,26,30). The highest BCUT2D eigenvalue weighted by Crippen LogP contribution is 2.24. The number of hydrogen-bond acceptors (Lipinski definition) is 5. The number of ether oxygens (including phenoxy) is 1. The number of nitrogens with zero attached hydrogens (tertiary/aromatic N) is 5. The summed E-state index contributed by atoms with van der Waals surface area (Å²) in [6.45, 7) is 6.11. The second-order valence-corrected chi connectivity index (χ2v) is 8.44. The highest BCUT2D eigenvalue weighted by atomic mass is 16.5. The van der Waals surface area contributed by atoms with E-state index in [1.807, 2.05) is 64.3 Å². The third-order valence-corrected chi connectivity index (χ3v) is 4.82. The Morgan fingerprint density at radius 3 is 2.71 bits per heavy atom. The first-order valence-electron chi connectivity index (χ1n) is 10.1. The third-order valence-electron chi connectivity index (χ3n) is 4.82. The Balaban J connectivity index is 1.57. The van der Waals surface area contributed by atoms with Gasteiger partial charge in [0.25, 0.3) is 0 Å². The van der Waals surface area contributed by atoms with Gasteiger partial charge < -0.3 is 14.6 Å². The largest absolute Gasteiger partial charge is 0.373 e. The van der Waals surface area contributed by atoms with Gasteiger partial charge in [0, 0.05) is 36.6 Å². The van der Waals surface area contributed by atoms with Crippen molar-refractivity contribution in [3.63, 3.8) is 0 Å². The monoisotopic (exact) mass is 418 g/mol. The molecule has 3 aromatic heterocycles. The van der Waals surface area contributed by atoms with E-state index in [0.29, 0.717) is 5.69 Å². The molecule has 1 aromatic carbocycles. The molecule has 0 saturated carbocycles. The van der Waals surface area contributed by atoms with Gasteiger partial charge in [-0.2, -0.15) is 5.10 Å².